The van der Waals surface area contributed by atoms with Crippen LogP contribution >= 0.6 is 0 Å². The summed E-state index contributed by atoms with van der Waals surface area (Å²) in [5.74, 6) is -0.447. The van der Waals surface area contributed by atoms with Crippen molar-refractivity contribution in [2.75, 3.05) is 0 Å². The second kappa shape index (κ2) is 17.2. The third-order valence-corrected chi connectivity index (χ3v) is 7.77. The Morgan fingerprint density at radius 2 is 0.702 bits per heavy atom. The molecule has 9 heteroatoms. The van der Waals surface area contributed by atoms with Crippen molar-refractivity contribution in [2.45, 2.75) is 52.4 Å². The Kier molecular flexibility index (Phi) is 13.1. The van der Waals surface area contributed by atoms with Crippen LogP contribution in [0, 0.1) is 0 Å². The molecule has 4 aromatic carbocycles. The topological polar surface area (TPSA) is 100.0 Å². The number of para-hydroxylation sites is 4. The van der Waals surface area contributed by atoms with Gasteiger partial charge in [-0.15, -0.1) is 0 Å². The fourth-order valence-corrected chi connectivity index (χ4v) is 5.40. The molecule has 0 aliphatic heterocycles. The molecule has 0 saturated heterocycles. The van der Waals surface area contributed by atoms with Gasteiger partial charge in [0.1, 0.15) is 0 Å². The van der Waals surface area contributed by atoms with E-state index in [-0.39, 0.29) is 68.4 Å². The first-order valence-corrected chi connectivity index (χ1v) is 15.8. The van der Waals surface area contributed by atoms with Crippen molar-refractivity contribution in [1.82, 2.24) is 18.7 Å². The predicted octanol–water partition coefficient (Wildman–Crippen LogP) is 5.71. The number of benzene rings is 4. The zero-order chi connectivity index (χ0) is 32.5. The Morgan fingerprint density at radius 1 is 0.447 bits per heavy atom. The first kappa shape index (κ1) is 35.8. The number of aromatic nitrogens is 4. The van der Waals surface area contributed by atoms with Crippen molar-refractivity contribution < 1.29 is 10.2 Å². The fourth-order valence-electron chi connectivity index (χ4n) is 5.40. The van der Waals surface area contributed by atoms with Crippen LogP contribution < -0.4 is 21.3 Å². The van der Waals surface area contributed by atoms with E-state index in [2.05, 4.69) is 0 Å². The number of rotatable bonds is 10. The van der Waals surface area contributed by atoms with Crippen LogP contribution in [-0.4, -0.2) is 64.2 Å². The molecule has 0 saturated carbocycles. The van der Waals surface area contributed by atoms with Crippen molar-refractivity contribution in [3.8, 4) is 34.5 Å². The maximum Gasteiger partial charge on any atom is 2.00 e. The van der Waals surface area contributed by atoms with Gasteiger partial charge in [-0.25, -0.2) is 9.36 Å². The standard InChI is InChI=1S/2C19H20N2O2.Sr/c2*1-2-3-14-17-18(22)20(15-10-6-4-7-11-15)21(19(17)23)16-12-8-5-9-13-16;/h2*4-13,22H,2-3,14H2,1H3;/q;;+2/p-2. The normalized spacial score (nSPS) is 10.6. The van der Waals surface area contributed by atoms with E-state index in [0.29, 0.717) is 46.7 Å². The minimum atomic E-state index is -0.224. The first-order valence-electron chi connectivity index (χ1n) is 15.8. The zero-order valence-electron chi connectivity index (χ0n) is 26.9. The molecule has 0 N–H and O–H groups in total. The van der Waals surface area contributed by atoms with E-state index in [1.165, 1.54) is 18.7 Å². The third kappa shape index (κ3) is 7.93. The summed E-state index contributed by atoms with van der Waals surface area (Å²) in [5, 5.41) is 25.7. The van der Waals surface area contributed by atoms with E-state index in [1.54, 1.807) is 0 Å². The average Bonchev–Trinajstić information content (AvgIpc) is 3.51. The van der Waals surface area contributed by atoms with Crippen molar-refractivity contribution in [3.05, 3.63) is 153 Å². The van der Waals surface area contributed by atoms with E-state index in [1.807, 2.05) is 135 Å². The number of nitrogens with zero attached hydrogens (tertiary/aromatic N) is 4. The van der Waals surface area contributed by atoms with Gasteiger partial charge in [0, 0.05) is 11.1 Å². The van der Waals surface area contributed by atoms with E-state index in [9.17, 15) is 19.8 Å². The predicted molar refractivity (Wildman–Crippen MR) is 185 cm³/mol. The van der Waals surface area contributed by atoms with Gasteiger partial charge in [-0.05, 0) is 86.0 Å². The summed E-state index contributed by atoms with van der Waals surface area (Å²) in [6.45, 7) is 4.10. The van der Waals surface area contributed by atoms with E-state index < -0.39 is 0 Å². The van der Waals surface area contributed by atoms with Gasteiger partial charge in [0.15, 0.2) is 0 Å². The van der Waals surface area contributed by atoms with Crippen LogP contribution in [0.5, 0.6) is 11.8 Å². The molecule has 8 nitrogen and oxygen atoms in total. The molecule has 2 aromatic heterocycles. The Bertz CT molecular complexity index is 1820. The number of hydrogen-bond acceptors (Lipinski definition) is 4. The van der Waals surface area contributed by atoms with Crippen LogP contribution in [0.2, 0.25) is 0 Å². The van der Waals surface area contributed by atoms with Crippen molar-refractivity contribution in [1.29, 1.82) is 0 Å². The van der Waals surface area contributed by atoms with E-state index in [0.717, 1.165) is 25.7 Å². The number of hydrogen-bond donors (Lipinski definition) is 0. The monoisotopic (exact) mass is 702 g/mol. The van der Waals surface area contributed by atoms with Crippen molar-refractivity contribution in [2.24, 2.45) is 0 Å². The second-order valence-electron chi connectivity index (χ2n) is 11.0. The van der Waals surface area contributed by atoms with Crippen molar-refractivity contribution in [3.63, 3.8) is 0 Å². The molecule has 6 aromatic rings. The summed E-state index contributed by atoms with van der Waals surface area (Å²) >= 11 is 0. The average molecular weight is 702 g/mol. The van der Waals surface area contributed by atoms with Gasteiger partial charge in [0.05, 0.1) is 22.7 Å². The summed E-state index contributed by atoms with van der Waals surface area (Å²) in [5.41, 5.74) is 3.06. The van der Waals surface area contributed by atoms with Gasteiger partial charge in [-0.1, -0.05) is 99.5 Å². The SMILES string of the molecule is CCCCc1c([O-])n(-c2ccccc2)n(-c2ccccc2)c1=O.CCCCc1c([O-])n(-c2ccccc2)n(-c2ccccc2)c1=O.[Sr+2]. The van der Waals surface area contributed by atoms with Crippen LogP contribution in [0.4, 0.5) is 0 Å². The molecule has 0 aliphatic carbocycles. The Hall–Kier alpha value is -4.02. The van der Waals surface area contributed by atoms with Crippen LogP contribution in [0.1, 0.15) is 50.7 Å². The first-order chi connectivity index (χ1) is 22.5. The van der Waals surface area contributed by atoms with Gasteiger partial charge in [0.2, 0.25) is 0 Å². The molecular formula is C38H38N4O4Sr. The largest absolute Gasteiger partial charge is 2.00 e. The third-order valence-electron chi connectivity index (χ3n) is 7.77. The van der Waals surface area contributed by atoms with Gasteiger partial charge >= 0.3 is 45.5 Å². The van der Waals surface area contributed by atoms with Gasteiger partial charge < -0.3 is 10.2 Å². The van der Waals surface area contributed by atoms with Crippen LogP contribution in [0.15, 0.2) is 131 Å². The van der Waals surface area contributed by atoms with Crippen LogP contribution in [0.3, 0.4) is 0 Å². The molecule has 0 fully saturated rings. The maximum absolute atomic E-state index is 12.8. The molecular weight excluding hydrogens is 664 g/mol. The van der Waals surface area contributed by atoms with Crippen molar-refractivity contribution >= 4 is 45.5 Å². The minimum Gasteiger partial charge on any atom is -0.858 e. The maximum atomic E-state index is 12.8. The second-order valence-corrected chi connectivity index (χ2v) is 11.0. The number of unbranched alkanes of at least 4 members (excludes halogenated alkanes) is 2. The molecule has 236 valence electrons. The zero-order valence-corrected chi connectivity index (χ0v) is 30.4. The molecule has 0 aliphatic rings. The summed E-state index contributed by atoms with van der Waals surface area (Å²) in [4.78, 5) is 25.7. The molecule has 2 heterocycles. The van der Waals surface area contributed by atoms with E-state index >= 15 is 0 Å². The quantitative estimate of drug-likeness (QED) is 0.171. The molecule has 0 bridgehead atoms. The Morgan fingerprint density at radius 3 is 0.957 bits per heavy atom. The van der Waals surface area contributed by atoms with Crippen LogP contribution in [0.25, 0.3) is 22.7 Å². The molecule has 0 amide bonds. The summed E-state index contributed by atoms with van der Waals surface area (Å²) < 4.78 is 5.90. The molecule has 6 rings (SSSR count). The Labute approximate surface area is 312 Å². The molecule has 0 spiro atoms. The minimum absolute atomic E-state index is 0. The van der Waals surface area contributed by atoms with Gasteiger partial charge in [-0.3, -0.25) is 19.0 Å². The summed E-state index contributed by atoms with van der Waals surface area (Å²) in [6, 6.07) is 37.1. The van der Waals surface area contributed by atoms with Gasteiger partial charge in [-0.2, -0.15) is 0 Å². The molecule has 47 heavy (non-hydrogen) atoms. The smallest absolute Gasteiger partial charge is 0.858 e. The molecule has 0 radical (unpaired) electrons. The molecule has 0 unspecified atom stereocenters. The molecule has 0 atom stereocenters. The Balaban J connectivity index is 0.000000208. The van der Waals surface area contributed by atoms with Gasteiger partial charge in [0.25, 0.3) is 11.1 Å². The summed E-state index contributed by atoms with van der Waals surface area (Å²) in [7, 11) is 0. The summed E-state index contributed by atoms with van der Waals surface area (Å²) in [6.07, 6.45) is 4.58. The van der Waals surface area contributed by atoms with E-state index in [4.69, 9.17) is 0 Å². The fraction of sp³-hybridized carbons (Fsp3) is 0.211. The van der Waals surface area contributed by atoms with Crippen LogP contribution in [-0.2, 0) is 12.8 Å².